The van der Waals surface area contributed by atoms with E-state index >= 15 is 0 Å². The highest BCUT2D eigenvalue weighted by Gasteiger charge is 2.40. The molecule has 22 heavy (non-hydrogen) atoms. The van der Waals surface area contributed by atoms with Crippen molar-refractivity contribution in [1.29, 1.82) is 0 Å². The number of benzene rings is 1. The number of hydrogen-bond donors (Lipinski definition) is 0. The lowest BCUT2D eigenvalue weighted by atomic mass is 10.0. The number of likely N-dealkylation sites (N-methyl/N-ethyl adjacent to an activating group) is 1. The number of aryl methyl sites for hydroxylation is 1. The summed E-state index contributed by atoms with van der Waals surface area (Å²) in [5.41, 5.74) is 0.947. The van der Waals surface area contributed by atoms with Crippen LogP contribution in [0, 0.1) is 6.92 Å². The first-order valence-electron chi connectivity index (χ1n) is 7.48. The molecule has 3 rings (SSSR count). The number of sulfonamides is 1. The minimum absolute atomic E-state index is 0.112. The van der Waals surface area contributed by atoms with Crippen molar-refractivity contribution < 1.29 is 13.2 Å². The summed E-state index contributed by atoms with van der Waals surface area (Å²) in [6.07, 6.45) is 0.844. The standard InChI is InChI=1S/C15H21ClN2O3S/c1-11-3-4-15(12(16)9-11)22(19,20)18-6-5-14-13(10-18)17(2)7-8-21-14/h3-4,9,13-14H,5-8,10H2,1-2H3/t13-,14+/m0/s1. The number of ether oxygens (including phenoxy) is 1. The van der Waals surface area contributed by atoms with Crippen molar-refractivity contribution >= 4 is 21.6 Å². The lowest BCUT2D eigenvalue weighted by molar-refractivity contribution is -0.0840. The van der Waals surface area contributed by atoms with Crippen LogP contribution in [0.15, 0.2) is 23.1 Å². The van der Waals surface area contributed by atoms with Crippen molar-refractivity contribution in [1.82, 2.24) is 9.21 Å². The van der Waals surface area contributed by atoms with Crippen LogP contribution in [-0.2, 0) is 14.8 Å². The van der Waals surface area contributed by atoms with E-state index in [2.05, 4.69) is 4.90 Å². The van der Waals surface area contributed by atoms with E-state index in [1.165, 1.54) is 4.31 Å². The van der Waals surface area contributed by atoms with Gasteiger partial charge in [-0.3, -0.25) is 4.90 Å². The van der Waals surface area contributed by atoms with Gasteiger partial charge >= 0.3 is 0 Å². The van der Waals surface area contributed by atoms with Gasteiger partial charge in [0.15, 0.2) is 0 Å². The average molecular weight is 345 g/mol. The van der Waals surface area contributed by atoms with Gasteiger partial charge in [0.05, 0.1) is 17.7 Å². The topological polar surface area (TPSA) is 49.9 Å². The van der Waals surface area contributed by atoms with E-state index in [-0.39, 0.29) is 22.1 Å². The van der Waals surface area contributed by atoms with Gasteiger partial charge in [-0.05, 0) is 38.1 Å². The molecule has 0 bridgehead atoms. The van der Waals surface area contributed by atoms with E-state index in [0.29, 0.717) is 19.7 Å². The molecule has 1 aromatic rings. The van der Waals surface area contributed by atoms with Crippen LogP contribution in [0.2, 0.25) is 5.02 Å². The van der Waals surface area contributed by atoms with Crippen molar-refractivity contribution in [3.8, 4) is 0 Å². The molecule has 0 aliphatic carbocycles. The number of rotatable bonds is 2. The summed E-state index contributed by atoms with van der Waals surface area (Å²) in [5.74, 6) is 0. The number of halogens is 1. The zero-order valence-corrected chi connectivity index (χ0v) is 14.4. The van der Waals surface area contributed by atoms with Gasteiger partial charge in [0.1, 0.15) is 4.90 Å². The molecule has 2 saturated heterocycles. The predicted octanol–water partition coefficient (Wildman–Crippen LogP) is 1.74. The highest BCUT2D eigenvalue weighted by atomic mass is 35.5. The Balaban J connectivity index is 1.86. The highest BCUT2D eigenvalue weighted by molar-refractivity contribution is 7.89. The van der Waals surface area contributed by atoms with E-state index in [1.807, 2.05) is 14.0 Å². The summed E-state index contributed by atoms with van der Waals surface area (Å²) in [6, 6.07) is 5.18. The molecule has 0 radical (unpaired) electrons. The summed E-state index contributed by atoms with van der Waals surface area (Å²) in [5, 5.41) is 0.287. The highest BCUT2D eigenvalue weighted by Crippen LogP contribution is 2.30. The number of morpholine rings is 1. The van der Waals surface area contributed by atoms with Gasteiger partial charge in [-0.1, -0.05) is 17.7 Å². The maximum atomic E-state index is 12.9. The molecule has 122 valence electrons. The second kappa shape index (κ2) is 6.09. The molecular weight excluding hydrogens is 324 g/mol. The Kier molecular flexibility index (Phi) is 4.49. The van der Waals surface area contributed by atoms with Crippen LogP contribution in [0.4, 0.5) is 0 Å². The second-order valence-corrected chi connectivity index (χ2v) is 8.36. The molecule has 0 aromatic heterocycles. The smallest absolute Gasteiger partial charge is 0.244 e. The molecule has 2 aliphatic heterocycles. The van der Waals surface area contributed by atoms with E-state index in [1.54, 1.807) is 18.2 Å². The van der Waals surface area contributed by atoms with Gasteiger partial charge in [-0.25, -0.2) is 8.42 Å². The fourth-order valence-electron chi connectivity index (χ4n) is 3.19. The van der Waals surface area contributed by atoms with Crippen molar-refractivity contribution in [2.45, 2.75) is 30.4 Å². The second-order valence-electron chi connectivity index (χ2n) is 6.04. The Hall–Kier alpha value is -0.660. The maximum Gasteiger partial charge on any atom is 0.244 e. The van der Waals surface area contributed by atoms with Gasteiger partial charge in [-0.15, -0.1) is 0 Å². The quantitative estimate of drug-likeness (QED) is 0.820. The summed E-state index contributed by atoms with van der Waals surface area (Å²) in [4.78, 5) is 2.38. The third-order valence-electron chi connectivity index (χ3n) is 4.53. The third kappa shape index (κ3) is 2.90. The average Bonchev–Trinajstić information content (AvgIpc) is 2.47. The summed E-state index contributed by atoms with van der Waals surface area (Å²) in [7, 11) is -1.54. The number of fused-ring (bicyclic) bond motifs is 1. The van der Waals surface area contributed by atoms with Gasteiger partial charge in [0.2, 0.25) is 10.0 Å². The van der Waals surface area contributed by atoms with E-state index in [9.17, 15) is 8.42 Å². The summed E-state index contributed by atoms with van der Waals surface area (Å²) in [6.45, 7) is 4.37. The Morgan fingerprint density at radius 3 is 2.82 bits per heavy atom. The largest absolute Gasteiger partial charge is 0.375 e. The Morgan fingerprint density at radius 1 is 1.32 bits per heavy atom. The van der Waals surface area contributed by atoms with Crippen LogP contribution in [0.3, 0.4) is 0 Å². The molecule has 2 heterocycles. The number of piperidine rings is 1. The van der Waals surface area contributed by atoms with Crippen molar-refractivity contribution in [3.05, 3.63) is 28.8 Å². The van der Waals surface area contributed by atoms with Gasteiger partial charge in [0.25, 0.3) is 0 Å². The summed E-state index contributed by atoms with van der Waals surface area (Å²) >= 11 is 6.16. The van der Waals surface area contributed by atoms with Crippen molar-refractivity contribution in [3.63, 3.8) is 0 Å². The monoisotopic (exact) mass is 344 g/mol. The zero-order valence-electron chi connectivity index (χ0n) is 12.8. The van der Waals surface area contributed by atoms with Crippen LogP contribution in [0.5, 0.6) is 0 Å². The lowest BCUT2D eigenvalue weighted by Crippen LogP contribution is -2.59. The van der Waals surface area contributed by atoms with E-state index in [4.69, 9.17) is 16.3 Å². The van der Waals surface area contributed by atoms with Crippen LogP contribution < -0.4 is 0 Å². The molecule has 0 amide bonds. The first-order valence-corrected chi connectivity index (χ1v) is 9.29. The van der Waals surface area contributed by atoms with Crippen LogP contribution in [0.25, 0.3) is 0 Å². The lowest BCUT2D eigenvalue weighted by Gasteiger charge is -2.45. The van der Waals surface area contributed by atoms with Crippen LogP contribution in [-0.4, -0.2) is 63.1 Å². The number of hydrogen-bond acceptors (Lipinski definition) is 4. The Morgan fingerprint density at radius 2 is 2.09 bits per heavy atom. The fraction of sp³-hybridized carbons (Fsp3) is 0.600. The normalized spacial score (nSPS) is 27.6. The predicted molar refractivity (Wildman–Crippen MR) is 85.7 cm³/mol. The van der Waals surface area contributed by atoms with Crippen molar-refractivity contribution in [2.24, 2.45) is 0 Å². The molecule has 2 aliphatic rings. The van der Waals surface area contributed by atoms with Gasteiger partial charge < -0.3 is 4.74 Å². The molecule has 0 unspecified atom stereocenters. The van der Waals surface area contributed by atoms with Crippen LogP contribution in [0.1, 0.15) is 12.0 Å². The molecular formula is C15H21ClN2O3S. The molecule has 1 aromatic carbocycles. The SMILES string of the molecule is Cc1ccc(S(=O)(=O)N2CC[C@H]3OCCN(C)[C@H]3C2)c(Cl)c1. The zero-order chi connectivity index (χ0) is 15.9. The van der Waals surface area contributed by atoms with E-state index in [0.717, 1.165) is 18.5 Å². The first-order chi connectivity index (χ1) is 10.4. The fourth-order valence-corrected chi connectivity index (χ4v) is 5.23. The van der Waals surface area contributed by atoms with Gasteiger partial charge in [-0.2, -0.15) is 4.31 Å². The molecule has 0 saturated carbocycles. The molecule has 2 atom stereocenters. The molecule has 2 fully saturated rings. The van der Waals surface area contributed by atoms with Crippen LogP contribution >= 0.6 is 11.6 Å². The van der Waals surface area contributed by atoms with Gasteiger partial charge in [0, 0.05) is 25.7 Å². The minimum atomic E-state index is -3.56. The third-order valence-corrected chi connectivity index (χ3v) is 6.88. The molecule has 7 heteroatoms. The summed E-state index contributed by atoms with van der Waals surface area (Å²) < 4.78 is 33.1. The molecule has 0 N–H and O–H groups in total. The van der Waals surface area contributed by atoms with E-state index < -0.39 is 10.0 Å². The van der Waals surface area contributed by atoms with Crippen molar-refractivity contribution in [2.75, 3.05) is 33.3 Å². The minimum Gasteiger partial charge on any atom is -0.375 e. The Labute approximate surface area is 136 Å². The maximum absolute atomic E-state index is 12.9. The number of nitrogens with zero attached hydrogens (tertiary/aromatic N) is 2. The first kappa shape index (κ1) is 16.2. The Bertz CT molecular complexity index is 665. The molecule has 5 nitrogen and oxygen atoms in total. The molecule has 0 spiro atoms.